The Hall–Kier alpha value is -1.69. The summed E-state index contributed by atoms with van der Waals surface area (Å²) in [6, 6.07) is 1.79. The van der Waals surface area contributed by atoms with Crippen LogP contribution in [0.4, 0.5) is 4.79 Å². The number of rotatable bonds is 2. The maximum atomic E-state index is 12.6. The third kappa shape index (κ3) is 2.72. The topological polar surface area (TPSA) is 57.6 Å². The molecule has 6 nitrogen and oxygen atoms in total. The first-order valence-electron chi connectivity index (χ1n) is 7.22. The van der Waals surface area contributed by atoms with E-state index in [0.717, 1.165) is 25.9 Å². The molecule has 0 saturated carbocycles. The second-order valence-corrected chi connectivity index (χ2v) is 6.06. The van der Waals surface area contributed by atoms with Crippen molar-refractivity contribution >= 4 is 23.5 Å². The first-order chi connectivity index (χ1) is 10.1. The molecule has 0 aliphatic carbocycles. The van der Waals surface area contributed by atoms with Gasteiger partial charge in [0.2, 0.25) is 0 Å². The molecule has 21 heavy (non-hydrogen) atoms. The highest BCUT2D eigenvalue weighted by Crippen LogP contribution is 2.21. The summed E-state index contributed by atoms with van der Waals surface area (Å²) in [5.41, 5.74) is 0.589. The Kier molecular flexibility index (Phi) is 3.80. The largest absolute Gasteiger partial charge is 0.345 e. The summed E-state index contributed by atoms with van der Waals surface area (Å²) in [5, 5.41) is 3.38. The van der Waals surface area contributed by atoms with E-state index in [9.17, 15) is 9.59 Å². The third-order valence-corrected chi connectivity index (χ3v) is 4.41. The molecule has 3 heterocycles. The van der Waals surface area contributed by atoms with Gasteiger partial charge in [-0.15, -0.1) is 0 Å². The molecule has 0 unspecified atom stereocenters. The molecule has 0 aromatic carbocycles. The lowest BCUT2D eigenvalue weighted by atomic mass is 10.0. The number of nitrogens with zero attached hydrogens (tertiary/aromatic N) is 3. The van der Waals surface area contributed by atoms with Crippen LogP contribution in [0.2, 0.25) is 5.02 Å². The smallest absolute Gasteiger partial charge is 0.317 e. The van der Waals surface area contributed by atoms with Gasteiger partial charge in [-0.05, 0) is 18.9 Å². The second kappa shape index (κ2) is 5.60. The predicted octanol–water partition coefficient (Wildman–Crippen LogP) is 1.31. The molecule has 1 aromatic rings. The zero-order valence-corrected chi connectivity index (χ0v) is 12.8. The summed E-state index contributed by atoms with van der Waals surface area (Å²) in [7, 11) is 1.81. The van der Waals surface area contributed by atoms with Gasteiger partial charge in [0.1, 0.15) is 5.69 Å². The van der Waals surface area contributed by atoms with Crippen molar-refractivity contribution in [3.05, 3.63) is 23.0 Å². The second-order valence-electron chi connectivity index (χ2n) is 5.63. The number of amides is 3. The van der Waals surface area contributed by atoms with E-state index in [-0.39, 0.29) is 18.0 Å². The van der Waals surface area contributed by atoms with Crippen molar-refractivity contribution in [2.75, 3.05) is 26.2 Å². The van der Waals surface area contributed by atoms with Crippen LogP contribution in [0, 0.1) is 0 Å². The van der Waals surface area contributed by atoms with Crippen LogP contribution in [0.1, 0.15) is 23.3 Å². The molecule has 114 valence electrons. The highest BCUT2D eigenvalue weighted by Gasteiger charge is 2.33. The van der Waals surface area contributed by atoms with E-state index in [4.69, 9.17) is 11.6 Å². The van der Waals surface area contributed by atoms with Crippen LogP contribution in [0.5, 0.6) is 0 Å². The Bertz CT molecular complexity index is 571. The molecule has 7 heteroatoms. The van der Waals surface area contributed by atoms with Gasteiger partial charge in [0, 0.05) is 39.4 Å². The lowest BCUT2D eigenvalue weighted by Gasteiger charge is -2.37. The van der Waals surface area contributed by atoms with Crippen LogP contribution < -0.4 is 5.32 Å². The van der Waals surface area contributed by atoms with Crippen LogP contribution in [-0.4, -0.2) is 58.5 Å². The number of nitrogens with one attached hydrogen (secondary N) is 1. The first-order valence-corrected chi connectivity index (χ1v) is 7.59. The molecular formula is C14H19ClN4O2. The highest BCUT2D eigenvalue weighted by molar-refractivity contribution is 6.31. The minimum Gasteiger partial charge on any atom is -0.345 e. The number of halogens is 1. The van der Waals surface area contributed by atoms with Crippen LogP contribution in [0.15, 0.2) is 12.3 Å². The predicted molar refractivity (Wildman–Crippen MR) is 79.5 cm³/mol. The minimum absolute atomic E-state index is 0.0174. The average molecular weight is 311 g/mol. The number of carbonyl (C=O) groups excluding carboxylic acids is 2. The third-order valence-electron chi connectivity index (χ3n) is 4.20. The molecule has 0 radical (unpaired) electrons. The number of hydrogen-bond donors (Lipinski definition) is 1. The Morgan fingerprint density at radius 1 is 1.43 bits per heavy atom. The number of piperidine rings is 1. The summed E-state index contributed by atoms with van der Waals surface area (Å²) < 4.78 is 1.75. The first kappa shape index (κ1) is 14.3. The van der Waals surface area contributed by atoms with Crippen LogP contribution >= 0.6 is 11.6 Å². The molecule has 2 aliphatic rings. The summed E-state index contributed by atoms with van der Waals surface area (Å²) in [4.78, 5) is 28.0. The van der Waals surface area contributed by atoms with Crippen molar-refractivity contribution in [2.24, 2.45) is 7.05 Å². The minimum atomic E-state index is -0.0197. The Morgan fingerprint density at radius 2 is 2.24 bits per heavy atom. The summed E-state index contributed by atoms with van der Waals surface area (Å²) in [6.07, 6.45) is 3.59. The summed E-state index contributed by atoms with van der Waals surface area (Å²) >= 11 is 5.95. The van der Waals surface area contributed by atoms with Gasteiger partial charge in [0.05, 0.1) is 11.1 Å². The molecule has 0 spiro atoms. The summed E-state index contributed by atoms with van der Waals surface area (Å²) in [5.74, 6) is -0.0197. The van der Waals surface area contributed by atoms with E-state index in [1.54, 1.807) is 16.8 Å². The van der Waals surface area contributed by atoms with Gasteiger partial charge in [-0.1, -0.05) is 11.6 Å². The number of urea groups is 1. The van der Waals surface area contributed by atoms with E-state index < -0.39 is 0 Å². The molecular weight excluding hydrogens is 292 g/mol. The van der Waals surface area contributed by atoms with E-state index in [0.29, 0.717) is 23.8 Å². The lowest BCUT2D eigenvalue weighted by Crippen LogP contribution is -2.50. The zero-order valence-electron chi connectivity index (χ0n) is 12.0. The number of hydrogen-bond acceptors (Lipinski definition) is 2. The molecule has 3 rings (SSSR count). The monoisotopic (exact) mass is 310 g/mol. The number of carbonyl (C=O) groups is 2. The standard InChI is InChI=1S/C14H19ClN4O2/c1-17-8-10(15)7-12(17)13(20)18-5-2-3-11(9-18)19-6-4-16-14(19)21/h7-8,11H,2-6,9H2,1H3,(H,16,21)/t11-/m0/s1. The van der Waals surface area contributed by atoms with Crippen molar-refractivity contribution in [1.29, 1.82) is 0 Å². The SMILES string of the molecule is Cn1cc(Cl)cc1C(=O)N1CCC[C@H](N2CCNC2=O)C1. The molecule has 1 N–H and O–H groups in total. The average Bonchev–Trinajstić information content (AvgIpc) is 3.03. The van der Waals surface area contributed by atoms with E-state index in [2.05, 4.69) is 5.32 Å². The molecule has 0 bridgehead atoms. The Labute approximate surface area is 128 Å². The number of likely N-dealkylation sites (tertiary alicyclic amines) is 1. The molecule has 2 saturated heterocycles. The van der Waals surface area contributed by atoms with Crippen molar-refractivity contribution in [1.82, 2.24) is 19.7 Å². The van der Waals surface area contributed by atoms with Gasteiger partial charge < -0.3 is 19.7 Å². The van der Waals surface area contributed by atoms with E-state index >= 15 is 0 Å². The van der Waals surface area contributed by atoms with Crippen LogP contribution in [-0.2, 0) is 7.05 Å². The fraction of sp³-hybridized carbons (Fsp3) is 0.571. The van der Waals surface area contributed by atoms with Crippen molar-refractivity contribution in [3.63, 3.8) is 0 Å². The lowest BCUT2D eigenvalue weighted by molar-refractivity contribution is 0.0625. The molecule has 2 aliphatic heterocycles. The molecule has 1 atom stereocenters. The van der Waals surface area contributed by atoms with Crippen LogP contribution in [0.25, 0.3) is 0 Å². The van der Waals surface area contributed by atoms with Crippen molar-refractivity contribution in [2.45, 2.75) is 18.9 Å². The van der Waals surface area contributed by atoms with Gasteiger partial charge in [-0.25, -0.2) is 4.79 Å². The molecule has 1 aromatic heterocycles. The normalized spacial score (nSPS) is 22.6. The van der Waals surface area contributed by atoms with Gasteiger partial charge in [-0.3, -0.25) is 4.79 Å². The summed E-state index contributed by atoms with van der Waals surface area (Å²) in [6.45, 7) is 2.74. The van der Waals surface area contributed by atoms with Gasteiger partial charge in [0.15, 0.2) is 0 Å². The maximum absolute atomic E-state index is 12.6. The Balaban J connectivity index is 1.72. The fourth-order valence-corrected chi connectivity index (χ4v) is 3.38. The highest BCUT2D eigenvalue weighted by atomic mass is 35.5. The quantitative estimate of drug-likeness (QED) is 0.895. The number of aromatic nitrogens is 1. The van der Waals surface area contributed by atoms with E-state index in [1.165, 1.54) is 0 Å². The molecule has 2 fully saturated rings. The molecule has 3 amide bonds. The van der Waals surface area contributed by atoms with Crippen LogP contribution in [0.3, 0.4) is 0 Å². The Morgan fingerprint density at radius 3 is 2.86 bits per heavy atom. The number of aryl methyl sites for hydroxylation is 1. The van der Waals surface area contributed by atoms with Crippen molar-refractivity contribution in [3.8, 4) is 0 Å². The van der Waals surface area contributed by atoms with E-state index in [1.807, 2.05) is 16.8 Å². The van der Waals surface area contributed by atoms with Gasteiger partial charge in [-0.2, -0.15) is 0 Å². The van der Waals surface area contributed by atoms with Gasteiger partial charge in [0.25, 0.3) is 5.91 Å². The van der Waals surface area contributed by atoms with Crippen molar-refractivity contribution < 1.29 is 9.59 Å². The fourth-order valence-electron chi connectivity index (χ4n) is 3.13. The van der Waals surface area contributed by atoms with Gasteiger partial charge >= 0.3 is 6.03 Å². The zero-order chi connectivity index (χ0) is 15.0. The maximum Gasteiger partial charge on any atom is 0.317 e.